The zero-order valence-corrected chi connectivity index (χ0v) is 12.3. The molecule has 0 saturated heterocycles. The Kier molecular flexibility index (Phi) is 4.58. The fourth-order valence-electron chi connectivity index (χ4n) is 2.16. The zero-order chi connectivity index (χ0) is 14.1. The zero-order valence-electron chi connectivity index (χ0n) is 11.5. The quantitative estimate of drug-likeness (QED) is 0.889. The molecule has 1 heterocycles. The third-order valence-electron chi connectivity index (χ3n) is 2.94. The molecule has 0 spiro atoms. The van der Waals surface area contributed by atoms with Gasteiger partial charge in [0.25, 0.3) is 0 Å². The number of aryl methyl sites for hydroxylation is 2. The van der Waals surface area contributed by atoms with Crippen LogP contribution in [0.4, 0.5) is 0 Å². The van der Waals surface area contributed by atoms with Crippen molar-refractivity contribution in [3.63, 3.8) is 0 Å². The first-order valence-electron chi connectivity index (χ1n) is 5.98. The highest BCUT2D eigenvalue weighted by atomic mass is 32.2. The Morgan fingerprint density at radius 1 is 1.28 bits per heavy atom. The van der Waals surface area contributed by atoms with E-state index in [0.29, 0.717) is 23.6 Å². The molecule has 0 aliphatic carbocycles. The van der Waals surface area contributed by atoms with Gasteiger partial charge < -0.3 is 9.52 Å². The molecule has 1 aromatic rings. The SMILES string of the molecule is CCN(C(C)C)S(=O)(=O)c1c(C)oc(C)c1CO. The van der Waals surface area contributed by atoms with Crippen molar-refractivity contribution >= 4 is 10.0 Å². The summed E-state index contributed by atoms with van der Waals surface area (Å²) >= 11 is 0. The van der Waals surface area contributed by atoms with Gasteiger partial charge in [-0.05, 0) is 27.7 Å². The van der Waals surface area contributed by atoms with Crippen LogP contribution in [0.2, 0.25) is 0 Å². The Bertz CT molecular complexity index is 516. The summed E-state index contributed by atoms with van der Waals surface area (Å²) < 4.78 is 31.9. The van der Waals surface area contributed by atoms with Crippen LogP contribution in [-0.2, 0) is 16.6 Å². The molecule has 0 radical (unpaired) electrons. The number of rotatable bonds is 5. The lowest BCUT2D eigenvalue weighted by Crippen LogP contribution is -2.37. The summed E-state index contributed by atoms with van der Waals surface area (Å²) in [5.41, 5.74) is 0.353. The van der Waals surface area contributed by atoms with E-state index in [2.05, 4.69) is 0 Å². The molecule has 0 atom stereocenters. The van der Waals surface area contributed by atoms with E-state index in [0.717, 1.165) is 0 Å². The minimum absolute atomic E-state index is 0.109. The molecule has 0 saturated carbocycles. The molecule has 104 valence electrons. The van der Waals surface area contributed by atoms with Gasteiger partial charge in [-0.15, -0.1) is 0 Å². The number of hydrogen-bond acceptors (Lipinski definition) is 4. The van der Waals surface area contributed by atoms with Crippen LogP contribution in [0.15, 0.2) is 9.31 Å². The van der Waals surface area contributed by atoms with Crippen LogP contribution in [0.5, 0.6) is 0 Å². The Morgan fingerprint density at radius 3 is 2.22 bits per heavy atom. The van der Waals surface area contributed by atoms with Crippen molar-refractivity contribution in [2.75, 3.05) is 6.54 Å². The number of hydrogen-bond donors (Lipinski definition) is 1. The molecule has 1 N–H and O–H groups in total. The Labute approximate surface area is 108 Å². The third kappa shape index (κ3) is 2.46. The number of furan rings is 1. The number of sulfonamides is 1. The minimum Gasteiger partial charge on any atom is -0.465 e. The fraction of sp³-hybridized carbons (Fsp3) is 0.667. The lowest BCUT2D eigenvalue weighted by Gasteiger charge is -2.24. The highest BCUT2D eigenvalue weighted by Gasteiger charge is 2.32. The van der Waals surface area contributed by atoms with Crippen molar-refractivity contribution in [2.24, 2.45) is 0 Å². The molecule has 0 bridgehead atoms. The lowest BCUT2D eigenvalue weighted by atomic mass is 10.2. The summed E-state index contributed by atoms with van der Waals surface area (Å²) in [4.78, 5) is 0.109. The molecule has 0 unspecified atom stereocenters. The maximum Gasteiger partial charge on any atom is 0.247 e. The highest BCUT2D eigenvalue weighted by Crippen LogP contribution is 2.29. The number of aliphatic hydroxyl groups is 1. The molecule has 1 rings (SSSR count). The summed E-state index contributed by atoms with van der Waals surface area (Å²) in [6.45, 7) is 8.74. The van der Waals surface area contributed by atoms with Crippen molar-refractivity contribution in [2.45, 2.75) is 52.2 Å². The topological polar surface area (TPSA) is 70.8 Å². The second kappa shape index (κ2) is 5.42. The molecule has 0 aromatic carbocycles. The van der Waals surface area contributed by atoms with Gasteiger partial charge >= 0.3 is 0 Å². The molecule has 6 heteroatoms. The number of aliphatic hydroxyl groups excluding tert-OH is 1. The Morgan fingerprint density at radius 2 is 1.83 bits per heavy atom. The van der Waals surface area contributed by atoms with Crippen molar-refractivity contribution in [3.8, 4) is 0 Å². The molecule has 0 fully saturated rings. The smallest absolute Gasteiger partial charge is 0.247 e. The first-order valence-corrected chi connectivity index (χ1v) is 7.42. The number of nitrogens with zero attached hydrogens (tertiary/aromatic N) is 1. The predicted octanol–water partition coefficient (Wildman–Crippen LogP) is 1.81. The van der Waals surface area contributed by atoms with Gasteiger partial charge in [-0.25, -0.2) is 8.42 Å². The van der Waals surface area contributed by atoms with E-state index in [-0.39, 0.29) is 17.5 Å². The van der Waals surface area contributed by atoms with Crippen LogP contribution in [0, 0.1) is 13.8 Å². The van der Waals surface area contributed by atoms with Crippen molar-refractivity contribution in [1.29, 1.82) is 0 Å². The van der Waals surface area contributed by atoms with E-state index in [1.807, 2.05) is 13.8 Å². The van der Waals surface area contributed by atoms with Gasteiger partial charge in [0.1, 0.15) is 16.4 Å². The van der Waals surface area contributed by atoms with Crippen LogP contribution in [-0.4, -0.2) is 30.4 Å². The first kappa shape index (κ1) is 15.2. The van der Waals surface area contributed by atoms with Crippen LogP contribution in [0.25, 0.3) is 0 Å². The van der Waals surface area contributed by atoms with Gasteiger partial charge in [-0.1, -0.05) is 6.92 Å². The predicted molar refractivity (Wildman–Crippen MR) is 68.8 cm³/mol. The summed E-state index contributed by atoms with van der Waals surface area (Å²) in [5, 5.41) is 9.33. The highest BCUT2D eigenvalue weighted by molar-refractivity contribution is 7.89. The first-order chi connectivity index (χ1) is 8.27. The molecule has 0 aliphatic heterocycles. The largest absolute Gasteiger partial charge is 0.465 e. The van der Waals surface area contributed by atoms with Crippen molar-refractivity contribution in [1.82, 2.24) is 4.31 Å². The maximum absolute atomic E-state index is 12.6. The standard InChI is InChI=1S/C12H21NO4S/c1-6-13(8(2)3)18(15,16)12-10(5)17-9(4)11(12)7-14/h8,14H,6-7H2,1-5H3. The second-order valence-electron chi connectivity index (χ2n) is 4.48. The van der Waals surface area contributed by atoms with E-state index in [9.17, 15) is 13.5 Å². The van der Waals surface area contributed by atoms with Crippen LogP contribution >= 0.6 is 0 Å². The van der Waals surface area contributed by atoms with Gasteiger partial charge in [0, 0.05) is 18.2 Å². The lowest BCUT2D eigenvalue weighted by molar-refractivity contribution is 0.275. The van der Waals surface area contributed by atoms with Gasteiger partial charge in [-0.3, -0.25) is 0 Å². The molecular formula is C12H21NO4S. The summed E-state index contributed by atoms with van der Waals surface area (Å²) in [6, 6.07) is -0.138. The van der Waals surface area contributed by atoms with Crippen molar-refractivity contribution < 1.29 is 17.9 Å². The monoisotopic (exact) mass is 275 g/mol. The second-order valence-corrected chi connectivity index (χ2v) is 6.31. The Balaban J connectivity index is 3.45. The van der Waals surface area contributed by atoms with E-state index < -0.39 is 10.0 Å². The molecule has 0 amide bonds. The van der Waals surface area contributed by atoms with E-state index in [4.69, 9.17) is 4.42 Å². The summed E-state index contributed by atoms with van der Waals surface area (Å²) in [7, 11) is -3.62. The average molecular weight is 275 g/mol. The average Bonchev–Trinajstić information content (AvgIpc) is 2.53. The molecule has 5 nitrogen and oxygen atoms in total. The van der Waals surface area contributed by atoms with Gasteiger partial charge in [0.15, 0.2) is 0 Å². The van der Waals surface area contributed by atoms with Gasteiger partial charge in [0.05, 0.1) is 6.61 Å². The van der Waals surface area contributed by atoms with E-state index in [1.165, 1.54) is 4.31 Å². The van der Waals surface area contributed by atoms with Gasteiger partial charge in [0.2, 0.25) is 10.0 Å². The van der Waals surface area contributed by atoms with Crippen LogP contribution in [0.3, 0.4) is 0 Å². The Hall–Kier alpha value is -0.850. The summed E-state index contributed by atoms with van der Waals surface area (Å²) in [6.07, 6.45) is 0. The fourth-order valence-corrected chi connectivity index (χ4v) is 4.21. The molecule has 1 aromatic heterocycles. The summed E-state index contributed by atoms with van der Waals surface area (Å²) in [5.74, 6) is 0.782. The maximum atomic E-state index is 12.6. The molecular weight excluding hydrogens is 254 g/mol. The van der Waals surface area contributed by atoms with Gasteiger partial charge in [-0.2, -0.15) is 4.31 Å². The normalized spacial score (nSPS) is 12.7. The third-order valence-corrected chi connectivity index (χ3v) is 5.28. The van der Waals surface area contributed by atoms with Crippen molar-refractivity contribution in [3.05, 3.63) is 17.1 Å². The van der Waals surface area contributed by atoms with Crippen LogP contribution < -0.4 is 0 Å². The minimum atomic E-state index is -3.62. The molecule has 18 heavy (non-hydrogen) atoms. The van der Waals surface area contributed by atoms with E-state index >= 15 is 0 Å². The van der Waals surface area contributed by atoms with E-state index in [1.54, 1.807) is 20.8 Å². The van der Waals surface area contributed by atoms with Crippen LogP contribution in [0.1, 0.15) is 37.9 Å². The molecule has 0 aliphatic rings.